The summed E-state index contributed by atoms with van der Waals surface area (Å²) in [7, 11) is 0. The van der Waals surface area contributed by atoms with E-state index in [1.54, 1.807) is 41.1 Å². The van der Waals surface area contributed by atoms with Crippen molar-refractivity contribution in [3.05, 3.63) is 54.1 Å². The number of carbonyl (C=O) groups is 2. The fourth-order valence-electron chi connectivity index (χ4n) is 3.09. The van der Waals surface area contributed by atoms with Gasteiger partial charge in [0.05, 0.1) is 12.1 Å². The van der Waals surface area contributed by atoms with E-state index in [9.17, 15) is 18.4 Å². The van der Waals surface area contributed by atoms with Gasteiger partial charge in [-0.05, 0) is 35.7 Å². The standard InChI is InChI=1S/C20H18F2N4O2/c1-11(27)23-8-15-13(3-2-4-16(15)21)12-5-6-19-24-18(10-26(19)9-12)25-20(28)14-7-17(14)22/h2-6,9-10,14,17H,7-8H2,1H3,(H,23,27)(H,25,28). The number of rotatable bonds is 5. The normalized spacial score (nSPS) is 18.1. The van der Waals surface area contributed by atoms with Gasteiger partial charge in [0.15, 0.2) is 5.82 Å². The van der Waals surface area contributed by atoms with Crippen LogP contribution in [0.1, 0.15) is 18.9 Å². The molecule has 3 aromatic rings. The smallest absolute Gasteiger partial charge is 0.231 e. The highest BCUT2D eigenvalue weighted by molar-refractivity contribution is 5.94. The molecule has 1 saturated carbocycles. The van der Waals surface area contributed by atoms with Crippen LogP contribution in [0.15, 0.2) is 42.7 Å². The van der Waals surface area contributed by atoms with Crippen LogP contribution in [0.3, 0.4) is 0 Å². The van der Waals surface area contributed by atoms with Crippen LogP contribution in [0.2, 0.25) is 0 Å². The van der Waals surface area contributed by atoms with Crippen LogP contribution in [-0.4, -0.2) is 27.4 Å². The Morgan fingerprint density at radius 1 is 1.25 bits per heavy atom. The highest BCUT2D eigenvalue weighted by atomic mass is 19.1. The number of anilines is 1. The molecule has 0 bridgehead atoms. The Balaban J connectivity index is 1.64. The number of imidazole rings is 1. The third-order valence-corrected chi connectivity index (χ3v) is 4.70. The van der Waals surface area contributed by atoms with Gasteiger partial charge in [0.2, 0.25) is 11.8 Å². The molecule has 1 fully saturated rings. The monoisotopic (exact) mass is 384 g/mol. The number of pyridine rings is 1. The van der Waals surface area contributed by atoms with E-state index in [0.717, 1.165) is 5.56 Å². The molecule has 1 aromatic carbocycles. The van der Waals surface area contributed by atoms with Crippen molar-refractivity contribution in [3.8, 4) is 11.1 Å². The molecule has 0 aliphatic heterocycles. The van der Waals surface area contributed by atoms with Crippen LogP contribution >= 0.6 is 0 Å². The van der Waals surface area contributed by atoms with Gasteiger partial charge in [-0.2, -0.15) is 0 Å². The summed E-state index contributed by atoms with van der Waals surface area (Å²) in [5.41, 5.74) is 2.35. The quantitative estimate of drug-likeness (QED) is 0.710. The largest absolute Gasteiger partial charge is 0.352 e. The predicted molar refractivity (Wildman–Crippen MR) is 99.7 cm³/mol. The Hall–Kier alpha value is -3.29. The summed E-state index contributed by atoms with van der Waals surface area (Å²) in [6.07, 6.45) is 2.57. The molecule has 0 radical (unpaired) electrons. The van der Waals surface area contributed by atoms with Gasteiger partial charge >= 0.3 is 0 Å². The van der Waals surface area contributed by atoms with Gasteiger partial charge in [0.25, 0.3) is 0 Å². The first-order chi connectivity index (χ1) is 13.4. The Morgan fingerprint density at radius 2 is 2.04 bits per heavy atom. The molecule has 144 valence electrons. The van der Waals surface area contributed by atoms with Gasteiger partial charge in [0, 0.05) is 25.2 Å². The first-order valence-corrected chi connectivity index (χ1v) is 8.88. The van der Waals surface area contributed by atoms with E-state index in [1.165, 1.54) is 13.0 Å². The molecule has 1 aliphatic carbocycles. The third-order valence-electron chi connectivity index (χ3n) is 4.70. The number of benzene rings is 1. The first kappa shape index (κ1) is 18.1. The van der Waals surface area contributed by atoms with Crippen molar-refractivity contribution >= 4 is 23.3 Å². The lowest BCUT2D eigenvalue weighted by Crippen LogP contribution is -2.20. The lowest BCUT2D eigenvalue weighted by Gasteiger charge is -2.11. The molecule has 28 heavy (non-hydrogen) atoms. The van der Waals surface area contributed by atoms with E-state index in [0.29, 0.717) is 22.6 Å². The SMILES string of the molecule is CC(=O)NCc1c(F)cccc1-c1ccc2nc(NC(=O)C3CC3F)cn2c1. The van der Waals surface area contributed by atoms with Crippen LogP contribution in [0.25, 0.3) is 16.8 Å². The Kier molecular flexibility index (Phi) is 4.54. The van der Waals surface area contributed by atoms with E-state index >= 15 is 0 Å². The van der Waals surface area contributed by atoms with Crippen molar-refractivity contribution in [2.24, 2.45) is 5.92 Å². The van der Waals surface area contributed by atoms with E-state index in [1.807, 2.05) is 0 Å². The number of nitrogens with one attached hydrogen (secondary N) is 2. The molecule has 2 atom stereocenters. The number of aromatic nitrogens is 2. The van der Waals surface area contributed by atoms with Crippen LogP contribution in [-0.2, 0) is 16.1 Å². The van der Waals surface area contributed by atoms with Gasteiger partial charge in [0.1, 0.15) is 17.6 Å². The Bertz CT molecular complexity index is 1080. The summed E-state index contributed by atoms with van der Waals surface area (Å²) in [5.74, 6) is -1.29. The second-order valence-corrected chi connectivity index (χ2v) is 6.83. The second kappa shape index (κ2) is 7.03. The van der Waals surface area contributed by atoms with Crippen molar-refractivity contribution in [3.63, 3.8) is 0 Å². The molecule has 2 N–H and O–H groups in total. The van der Waals surface area contributed by atoms with Crippen molar-refractivity contribution in [2.45, 2.75) is 26.1 Å². The fraction of sp³-hybridized carbons (Fsp3) is 0.250. The average Bonchev–Trinajstić information content (AvgIpc) is 3.25. The number of halogens is 2. The summed E-state index contributed by atoms with van der Waals surface area (Å²) in [4.78, 5) is 27.4. The predicted octanol–water partition coefficient (Wildman–Crippen LogP) is 3.07. The molecule has 2 unspecified atom stereocenters. The molecule has 8 heteroatoms. The number of nitrogens with zero attached hydrogens (tertiary/aromatic N) is 2. The molecule has 0 saturated heterocycles. The number of amides is 2. The van der Waals surface area contributed by atoms with E-state index in [4.69, 9.17) is 0 Å². The lowest BCUT2D eigenvalue weighted by atomic mass is 10.0. The highest BCUT2D eigenvalue weighted by Gasteiger charge is 2.43. The highest BCUT2D eigenvalue weighted by Crippen LogP contribution is 2.34. The fourth-order valence-corrected chi connectivity index (χ4v) is 3.09. The maximum atomic E-state index is 14.3. The minimum absolute atomic E-state index is 0.0758. The topological polar surface area (TPSA) is 75.5 Å². The summed E-state index contributed by atoms with van der Waals surface area (Å²) < 4.78 is 29.0. The molecule has 0 spiro atoms. The third kappa shape index (κ3) is 3.58. The molecular formula is C20H18F2N4O2. The van der Waals surface area contributed by atoms with Crippen molar-refractivity contribution < 1.29 is 18.4 Å². The minimum Gasteiger partial charge on any atom is -0.352 e. The van der Waals surface area contributed by atoms with Gasteiger partial charge in [-0.1, -0.05) is 12.1 Å². The molecule has 2 heterocycles. The van der Waals surface area contributed by atoms with Gasteiger partial charge in [-0.15, -0.1) is 0 Å². The number of fused-ring (bicyclic) bond motifs is 1. The Labute approximate surface area is 159 Å². The zero-order valence-corrected chi connectivity index (χ0v) is 15.1. The zero-order valence-electron chi connectivity index (χ0n) is 15.1. The lowest BCUT2D eigenvalue weighted by molar-refractivity contribution is -0.119. The molecule has 2 aromatic heterocycles. The van der Waals surface area contributed by atoms with Crippen molar-refractivity contribution in [1.82, 2.24) is 14.7 Å². The van der Waals surface area contributed by atoms with E-state index in [-0.39, 0.29) is 24.8 Å². The molecule has 1 aliphatic rings. The number of carbonyl (C=O) groups excluding carboxylic acids is 2. The number of alkyl halides is 1. The Morgan fingerprint density at radius 3 is 2.75 bits per heavy atom. The summed E-state index contributed by atoms with van der Waals surface area (Å²) in [5, 5.41) is 5.24. The van der Waals surface area contributed by atoms with Gasteiger partial charge in [-0.3, -0.25) is 9.59 Å². The summed E-state index contributed by atoms with van der Waals surface area (Å²) >= 11 is 0. The second-order valence-electron chi connectivity index (χ2n) is 6.83. The van der Waals surface area contributed by atoms with E-state index < -0.39 is 17.9 Å². The molecule has 4 rings (SSSR count). The van der Waals surface area contributed by atoms with E-state index in [2.05, 4.69) is 15.6 Å². The van der Waals surface area contributed by atoms with Crippen LogP contribution in [0.5, 0.6) is 0 Å². The summed E-state index contributed by atoms with van der Waals surface area (Å²) in [6.45, 7) is 1.45. The minimum atomic E-state index is -1.07. The van der Waals surface area contributed by atoms with Gasteiger partial charge in [-0.25, -0.2) is 13.8 Å². The number of hydrogen-bond acceptors (Lipinski definition) is 3. The van der Waals surface area contributed by atoms with Gasteiger partial charge < -0.3 is 15.0 Å². The maximum Gasteiger partial charge on any atom is 0.231 e. The summed E-state index contributed by atoms with van der Waals surface area (Å²) in [6, 6.07) is 8.26. The first-order valence-electron chi connectivity index (χ1n) is 8.88. The molecule has 2 amide bonds. The molecular weight excluding hydrogens is 366 g/mol. The average molecular weight is 384 g/mol. The van der Waals surface area contributed by atoms with Crippen LogP contribution in [0.4, 0.5) is 14.6 Å². The number of hydrogen-bond donors (Lipinski definition) is 2. The zero-order chi connectivity index (χ0) is 19.8. The van der Waals surface area contributed by atoms with Crippen LogP contribution in [0, 0.1) is 11.7 Å². The maximum absolute atomic E-state index is 14.3. The van der Waals surface area contributed by atoms with Crippen molar-refractivity contribution in [1.29, 1.82) is 0 Å². The van der Waals surface area contributed by atoms with Crippen LogP contribution < -0.4 is 10.6 Å². The van der Waals surface area contributed by atoms with Crippen molar-refractivity contribution in [2.75, 3.05) is 5.32 Å². The molecule has 6 nitrogen and oxygen atoms in total.